The highest BCUT2D eigenvalue weighted by molar-refractivity contribution is 7.15. The van der Waals surface area contributed by atoms with E-state index in [1.54, 1.807) is 11.3 Å². The van der Waals surface area contributed by atoms with Crippen LogP contribution in [0.25, 0.3) is 0 Å². The number of nitrogens with two attached hydrogens (primary N) is 1. The first-order chi connectivity index (χ1) is 8.20. The molecule has 0 aliphatic heterocycles. The van der Waals surface area contributed by atoms with Gasteiger partial charge in [0.15, 0.2) is 5.13 Å². The van der Waals surface area contributed by atoms with E-state index in [0.717, 1.165) is 17.9 Å². The maximum atomic E-state index is 5.71. The highest BCUT2D eigenvalue weighted by Gasteiger charge is 2.09. The van der Waals surface area contributed by atoms with Crippen molar-refractivity contribution < 1.29 is 4.74 Å². The second kappa shape index (κ2) is 5.19. The van der Waals surface area contributed by atoms with Gasteiger partial charge in [0.2, 0.25) is 0 Å². The minimum Gasteiger partial charge on any atom is -0.494 e. The largest absolute Gasteiger partial charge is 0.494 e. The Kier molecular flexibility index (Phi) is 3.64. The number of anilines is 1. The SMILES string of the molecule is CCOc1ccccc1Cc1sc(N)nc1C. The van der Waals surface area contributed by atoms with Gasteiger partial charge in [-0.05, 0) is 25.5 Å². The molecule has 1 heterocycles. The Balaban J connectivity index is 2.26. The van der Waals surface area contributed by atoms with E-state index in [4.69, 9.17) is 10.5 Å². The number of thiazole rings is 1. The average molecular weight is 248 g/mol. The normalized spacial score (nSPS) is 10.5. The second-order valence-electron chi connectivity index (χ2n) is 3.78. The molecule has 0 spiro atoms. The number of nitrogen functional groups attached to an aromatic ring is 1. The van der Waals surface area contributed by atoms with E-state index in [9.17, 15) is 0 Å². The average Bonchev–Trinajstić information content (AvgIpc) is 2.61. The molecule has 0 radical (unpaired) electrons. The summed E-state index contributed by atoms with van der Waals surface area (Å²) in [5, 5.41) is 0.631. The molecule has 0 aliphatic carbocycles. The van der Waals surface area contributed by atoms with Gasteiger partial charge >= 0.3 is 0 Å². The molecule has 2 N–H and O–H groups in total. The summed E-state index contributed by atoms with van der Waals surface area (Å²) in [6, 6.07) is 8.10. The summed E-state index contributed by atoms with van der Waals surface area (Å²) < 4.78 is 5.61. The molecule has 0 amide bonds. The predicted molar refractivity (Wildman–Crippen MR) is 71.7 cm³/mol. The summed E-state index contributed by atoms with van der Waals surface area (Å²) in [6.45, 7) is 4.67. The lowest BCUT2D eigenvalue weighted by Gasteiger charge is -2.09. The van der Waals surface area contributed by atoms with Gasteiger partial charge in [0.25, 0.3) is 0 Å². The van der Waals surface area contributed by atoms with Crippen LogP contribution in [0.4, 0.5) is 5.13 Å². The fraction of sp³-hybridized carbons (Fsp3) is 0.308. The number of para-hydroxylation sites is 1. The van der Waals surface area contributed by atoms with Crippen molar-refractivity contribution in [3.05, 3.63) is 40.4 Å². The smallest absolute Gasteiger partial charge is 0.180 e. The van der Waals surface area contributed by atoms with Gasteiger partial charge in [0.1, 0.15) is 5.75 Å². The van der Waals surface area contributed by atoms with Gasteiger partial charge in [0, 0.05) is 11.3 Å². The van der Waals surface area contributed by atoms with E-state index >= 15 is 0 Å². The first kappa shape index (κ1) is 11.9. The third-order valence-corrected chi connectivity index (χ3v) is 3.52. The van der Waals surface area contributed by atoms with Crippen LogP contribution < -0.4 is 10.5 Å². The summed E-state index contributed by atoms with van der Waals surface area (Å²) in [5.74, 6) is 0.946. The third kappa shape index (κ3) is 2.77. The molecule has 17 heavy (non-hydrogen) atoms. The van der Waals surface area contributed by atoms with E-state index < -0.39 is 0 Å². The van der Waals surface area contributed by atoms with Gasteiger partial charge in [-0.25, -0.2) is 4.98 Å². The van der Waals surface area contributed by atoms with Gasteiger partial charge in [-0.15, -0.1) is 11.3 Å². The molecule has 1 aromatic heterocycles. The molecular formula is C13H16N2OS. The molecule has 0 unspecified atom stereocenters. The molecule has 2 rings (SSSR count). The molecule has 90 valence electrons. The number of nitrogens with zero attached hydrogens (tertiary/aromatic N) is 1. The molecule has 1 aromatic carbocycles. The predicted octanol–water partition coefficient (Wildman–Crippen LogP) is 3.02. The maximum absolute atomic E-state index is 5.71. The molecule has 2 aromatic rings. The number of aryl methyl sites for hydroxylation is 1. The van der Waals surface area contributed by atoms with Crippen LogP contribution in [0.3, 0.4) is 0 Å². The Morgan fingerprint density at radius 1 is 1.35 bits per heavy atom. The van der Waals surface area contributed by atoms with Crippen molar-refractivity contribution in [3.8, 4) is 5.75 Å². The topological polar surface area (TPSA) is 48.1 Å². The number of hydrogen-bond donors (Lipinski definition) is 1. The molecule has 0 fully saturated rings. The van der Waals surface area contributed by atoms with Crippen LogP contribution in [0.2, 0.25) is 0 Å². The van der Waals surface area contributed by atoms with Crippen LogP contribution in [0.5, 0.6) is 5.75 Å². The summed E-state index contributed by atoms with van der Waals surface area (Å²) in [4.78, 5) is 5.44. The monoisotopic (exact) mass is 248 g/mol. The van der Waals surface area contributed by atoms with Crippen molar-refractivity contribution in [1.29, 1.82) is 0 Å². The molecule has 0 saturated heterocycles. The molecule has 3 nitrogen and oxygen atoms in total. The van der Waals surface area contributed by atoms with Gasteiger partial charge in [-0.3, -0.25) is 0 Å². The van der Waals surface area contributed by atoms with Gasteiger partial charge in [-0.1, -0.05) is 18.2 Å². The lowest BCUT2D eigenvalue weighted by molar-refractivity contribution is 0.337. The molecule has 0 aliphatic rings. The van der Waals surface area contributed by atoms with E-state index in [-0.39, 0.29) is 0 Å². The highest BCUT2D eigenvalue weighted by Crippen LogP contribution is 2.27. The lowest BCUT2D eigenvalue weighted by atomic mass is 10.1. The Morgan fingerprint density at radius 3 is 2.76 bits per heavy atom. The fourth-order valence-corrected chi connectivity index (χ4v) is 2.59. The van der Waals surface area contributed by atoms with Crippen molar-refractivity contribution in [1.82, 2.24) is 4.98 Å². The zero-order chi connectivity index (χ0) is 12.3. The van der Waals surface area contributed by atoms with Gasteiger partial charge in [0.05, 0.1) is 12.3 Å². The number of aromatic nitrogens is 1. The van der Waals surface area contributed by atoms with Gasteiger partial charge in [-0.2, -0.15) is 0 Å². The van der Waals surface area contributed by atoms with Crippen LogP contribution in [0, 0.1) is 6.92 Å². The lowest BCUT2D eigenvalue weighted by Crippen LogP contribution is -1.97. The zero-order valence-electron chi connectivity index (χ0n) is 10.1. The molecule has 0 bridgehead atoms. The number of ether oxygens (including phenoxy) is 1. The van der Waals surface area contributed by atoms with Gasteiger partial charge < -0.3 is 10.5 Å². The quantitative estimate of drug-likeness (QED) is 0.904. The van der Waals surface area contributed by atoms with Crippen molar-refractivity contribution in [2.45, 2.75) is 20.3 Å². The van der Waals surface area contributed by atoms with E-state index in [1.165, 1.54) is 10.4 Å². The third-order valence-electron chi connectivity index (χ3n) is 2.53. The second-order valence-corrected chi connectivity index (χ2v) is 4.89. The number of hydrogen-bond acceptors (Lipinski definition) is 4. The van der Waals surface area contributed by atoms with E-state index in [2.05, 4.69) is 11.1 Å². The van der Waals surface area contributed by atoms with E-state index in [0.29, 0.717) is 11.7 Å². The van der Waals surface area contributed by atoms with Crippen LogP contribution in [0.1, 0.15) is 23.1 Å². The first-order valence-electron chi connectivity index (χ1n) is 5.63. The number of rotatable bonds is 4. The minimum atomic E-state index is 0.631. The van der Waals surface area contributed by atoms with Crippen LogP contribution in [-0.2, 0) is 6.42 Å². The zero-order valence-corrected chi connectivity index (χ0v) is 10.9. The summed E-state index contributed by atoms with van der Waals surface area (Å²) in [5.41, 5.74) is 7.90. The fourth-order valence-electron chi connectivity index (χ4n) is 1.73. The molecule has 4 heteroatoms. The molecule has 0 saturated carbocycles. The Labute approximate surface area is 105 Å². The van der Waals surface area contributed by atoms with Crippen LogP contribution in [0.15, 0.2) is 24.3 Å². The standard InChI is InChI=1S/C13H16N2OS/c1-3-16-11-7-5-4-6-10(11)8-12-9(2)15-13(14)17-12/h4-7H,3,8H2,1-2H3,(H2,14,15). The first-order valence-corrected chi connectivity index (χ1v) is 6.44. The number of benzene rings is 1. The van der Waals surface area contributed by atoms with Crippen molar-refractivity contribution in [2.24, 2.45) is 0 Å². The van der Waals surface area contributed by atoms with Crippen molar-refractivity contribution in [3.63, 3.8) is 0 Å². The van der Waals surface area contributed by atoms with Crippen molar-refractivity contribution in [2.75, 3.05) is 12.3 Å². The molecular weight excluding hydrogens is 232 g/mol. The van der Waals surface area contributed by atoms with Crippen LogP contribution in [-0.4, -0.2) is 11.6 Å². The minimum absolute atomic E-state index is 0.631. The summed E-state index contributed by atoms with van der Waals surface area (Å²) in [6.07, 6.45) is 0.830. The van der Waals surface area contributed by atoms with Crippen LogP contribution >= 0.6 is 11.3 Å². The van der Waals surface area contributed by atoms with E-state index in [1.807, 2.05) is 32.0 Å². The maximum Gasteiger partial charge on any atom is 0.180 e. The molecule has 0 atom stereocenters. The summed E-state index contributed by atoms with van der Waals surface area (Å²) >= 11 is 1.55. The highest BCUT2D eigenvalue weighted by atomic mass is 32.1. The Hall–Kier alpha value is -1.55. The Morgan fingerprint density at radius 2 is 2.12 bits per heavy atom. The van der Waals surface area contributed by atoms with Crippen molar-refractivity contribution >= 4 is 16.5 Å². The summed E-state index contributed by atoms with van der Waals surface area (Å²) in [7, 11) is 0. The Bertz CT molecular complexity index is 508.